The van der Waals surface area contributed by atoms with Crippen LogP contribution >= 0.6 is 0 Å². The SMILES string of the molecule is CCCCCCCCC(=O)O[C@H]1CC[C@H](C(=O)Oc2ccc([N+](=O)[O-])cc2)CC1. The van der Waals surface area contributed by atoms with Gasteiger partial charge in [0.1, 0.15) is 11.9 Å². The standard InChI is InChI=1S/C22H31NO6/c1-2-3-4-5-6-7-8-21(24)28-19-13-9-17(10-14-19)22(25)29-20-15-11-18(12-16-20)23(26)27/h11-12,15-17,19H,2-10,13-14H2,1H3/t17-,19-. The lowest BCUT2D eigenvalue weighted by Crippen LogP contribution is -2.30. The lowest BCUT2D eigenvalue weighted by Gasteiger charge is -2.27. The number of carbonyl (C=O) groups excluding carboxylic acids is 2. The molecule has 29 heavy (non-hydrogen) atoms. The third-order valence-corrected chi connectivity index (χ3v) is 5.31. The summed E-state index contributed by atoms with van der Waals surface area (Å²) in [6.07, 6.45) is 9.68. The van der Waals surface area contributed by atoms with Crippen LogP contribution in [-0.4, -0.2) is 23.0 Å². The maximum atomic E-state index is 12.3. The molecule has 0 bridgehead atoms. The van der Waals surface area contributed by atoms with Gasteiger partial charge in [-0.2, -0.15) is 0 Å². The van der Waals surface area contributed by atoms with E-state index < -0.39 is 4.92 Å². The van der Waals surface area contributed by atoms with E-state index in [1.807, 2.05) is 0 Å². The summed E-state index contributed by atoms with van der Waals surface area (Å²) in [7, 11) is 0. The summed E-state index contributed by atoms with van der Waals surface area (Å²) in [4.78, 5) is 34.4. The smallest absolute Gasteiger partial charge is 0.314 e. The number of hydrogen-bond donors (Lipinski definition) is 0. The van der Waals surface area contributed by atoms with E-state index in [1.165, 1.54) is 49.9 Å². The Morgan fingerprint density at radius 2 is 1.62 bits per heavy atom. The zero-order valence-electron chi connectivity index (χ0n) is 17.1. The third kappa shape index (κ3) is 8.21. The maximum absolute atomic E-state index is 12.3. The topological polar surface area (TPSA) is 95.7 Å². The molecule has 0 heterocycles. The average molecular weight is 405 g/mol. The summed E-state index contributed by atoms with van der Waals surface area (Å²) in [5.41, 5.74) is -0.0481. The van der Waals surface area contributed by atoms with Gasteiger partial charge in [0.2, 0.25) is 0 Å². The molecule has 0 N–H and O–H groups in total. The molecule has 0 amide bonds. The molecule has 0 spiro atoms. The highest BCUT2D eigenvalue weighted by Gasteiger charge is 2.29. The molecule has 0 unspecified atom stereocenters. The molecule has 0 saturated heterocycles. The van der Waals surface area contributed by atoms with Crippen molar-refractivity contribution in [1.29, 1.82) is 0 Å². The first-order valence-electron chi connectivity index (χ1n) is 10.6. The van der Waals surface area contributed by atoms with Gasteiger partial charge in [0.05, 0.1) is 10.8 Å². The average Bonchev–Trinajstić information content (AvgIpc) is 2.71. The zero-order valence-corrected chi connectivity index (χ0v) is 17.1. The molecule has 2 rings (SSSR count). The lowest BCUT2D eigenvalue weighted by atomic mass is 9.87. The number of nitro benzene ring substituents is 1. The second-order valence-corrected chi connectivity index (χ2v) is 7.65. The van der Waals surface area contributed by atoms with E-state index in [9.17, 15) is 19.7 Å². The van der Waals surface area contributed by atoms with Gasteiger partial charge in [-0.05, 0) is 44.2 Å². The summed E-state index contributed by atoms with van der Waals surface area (Å²) >= 11 is 0. The summed E-state index contributed by atoms with van der Waals surface area (Å²) in [6, 6.07) is 5.46. The predicted molar refractivity (Wildman–Crippen MR) is 109 cm³/mol. The number of carbonyl (C=O) groups is 2. The monoisotopic (exact) mass is 405 g/mol. The quantitative estimate of drug-likeness (QED) is 0.162. The van der Waals surface area contributed by atoms with Crippen LogP contribution in [0.1, 0.15) is 77.6 Å². The first-order valence-corrected chi connectivity index (χ1v) is 10.6. The normalized spacial score (nSPS) is 18.8. The fourth-order valence-corrected chi connectivity index (χ4v) is 3.55. The second-order valence-electron chi connectivity index (χ2n) is 7.65. The minimum atomic E-state index is -0.499. The lowest BCUT2D eigenvalue weighted by molar-refractivity contribution is -0.384. The largest absolute Gasteiger partial charge is 0.462 e. The number of nitro groups is 1. The molecule has 0 aliphatic heterocycles. The summed E-state index contributed by atoms with van der Waals surface area (Å²) in [5, 5.41) is 10.7. The maximum Gasteiger partial charge on any atom is 0.314 e. The molecule has 160 valence electrons. The Hall–Kier alpha value is -2.44. The van der Waals surface area contributed by atoms with Gasteiger partial charge in [-0.15, -0.1) is 0 Å². The van der Waals surface area contributed by atoms with Crippen LogP contribution in [0.25, 0.3) is 0 Å². The Balaban J connectivity index is 1.64. The van der Waals surface area contributed by atoms with Crippen LogP contribution in [0.3, 0.4) is 0 Å². The molecule has 1 fully saturated rings. The van der Waals surface area contributed by atoms with Crippen LogP contribution in [0.2, 0.25) is 0 Å². The van der Waals surface area contributed by atoms with E-state index in [-0.39, 0.29) is 29.6 Å². The number of benzene rings is 1. The van der Waals surface area contributed by atoms with Crippen molar-refractivity contribution in [3.8, 4) is 5.75 Å². The molecule has 7 heteroatoms. The third-order valence-electron chi connectivity index (χ3n) is 5.31. The van der Waals surface area contributed by atoms with Gasteiger partial charge in [0, 0.05) is 18.6 Å². The Morgan fingerprint density at radius 1 is 1.00 bits per heavy atom. The molecule has 1 aliphatic rings. The van der Waals surface area contributed by atoms with Crippen LogP contribution < -0.4 is 4.74 Å². The van der Waals surface area contributed by atoms with Gasteiger partial charge in [-0.3, -0.25) is 19.7 Å². The van der Waals surface area contributed by atoms with Gasteiger partial charge in [-0.1, -0.05) is 39.0 Å². The van der Waals surface area contributed by atoms with Crippen LogP contribution in [-0.2, 0) is 14.3 Å². The summed E-state index contributed by atoms with van der Waals surface area (Å²) in [5.74, 6) is -0.417. The van der Waals surface area contributed by atoms with Crippen molar-refractivity contribution < 1.29 is 24.0 Å². The number of esters is 2. The molecule has 0 radical (unpaired) electrons. The number of rotatable bonds is 11. The summed E-state index contributed by atoms with van der Waals surface area (Å²) in [6.45, 7) is 2.18. The van der Waals surface area contributed by atoms with Crippen molar-refractivity contribution in [3.05, 3.63) is 34.4 Å². The fraction of sp³-hybridized carbons (Fsp3) is 0.636. The van der Waals surface area contributed by atoms with Gasteiger partial charge >= 0.3 is 11.9 Å². The van der Waals surface area contributed by atoms with Crippen LogP contribution in [0, 0.1) is 16.0 Å². The molecule has 1 saturated carbocycles. The molecular formula is C22H31NO6. The molecule has 7 nitrogen and oxygen atoms in total. The molecule has 0 aromatic heterocycles. The Morgan fingerprint density at radius 3 is 2.24 bits per heavy atom. The van der Waals surface area contributed by atoms with Gasteiger partial charge in [0.15, 0.2) is 0 Å². The van der Waals surface area contributed by atoms with Gasteiger partial charge in [0.25, 0.3) is 5.69 Å². The fourth-order valence-electron chi connectivity index (χ4n) is 3.55. The van der Waals surface area contributed by atoms with Crippen molar-refractivity contribution in [2.24, 2.45) is 5.92 Å². The second kappa shape index (κ2) is 12.2. The van der Waals surface area contributed by atoms with Crippen LogP contribution in [0.15, 0.2) is 24.3 Å². The van der Waals surface area contributed by atoms with E-state index in [0.717, 1.165) is 12.8 Å². The van der Waals surface area contributed by atoms with Crippen molar-refractivity contribution in [3.63, 3.8) is 0 Å². The van der Waals surface area contributed by atoms with Crippen molar-refractivity contribution >= 4 is 17.6 Å². The predicted octanol–water partition coefficient (Wildman–Crippen LogP) is 5.35. The molecule has 1 aromatic carbocycles. The van der Waals surface area contributed by atoms with E-state index >= 15 is 0 Å². The Labute approximate surface area is 171 Å². The number of nitrogens with zero attached hydrogens (tertiary/aromatic N) is 1. The van der Waals surface area contributed by atoms with E-state index in [1.54, 1.807) is 0 Å². The minimum absolute atomic E-state index is 0.0481. The Kier molecular flexibility index (Phi) is 9.60. The van der Waals surface area contributed by atoms with E-state index in [0.29, 0.717) is 37.9 Å². The molecule has 0 atom stereocenters. The van der Waals surface area contributed by atoms with Crippen molar-refractivity contribution in [2.45, 2.75) is 83.7 Å². The van der Waals surface area contributed by atoms with Crippen molar-refractivity contribution in [1.82, 2.24) is 0 Å². The molecule has 1 aromatic rings. The molecule has 1 aliphatic carbocycles. The van der Waals surface area contributed by atoms with E-state index in [4.69, 9.17) is 9.47 Å². The van der Waals surface area contributed by atoms with Gasteiger partial charge < -0.3 is 9.47 Å². The van der Waals surface area contributed by atoms with Crippen molar-refractivity contribution in [2.75, 3.05) is 0 Å². The zero-order chi connectivity index (χ0) is 21.1. The number of non-ortho nitro benzene ring substituents is 1. The highest BCUT2D eigenvalue weighted by Crippen LogP contribution is 2.28. The van der Waals surface area contributed by atoms with Gasteiger partial charge in [-0.25, -0.2) is 0 Å². The van der Waals surface area contributed by atoms with E-state index in [2.05, 4.69) is 6.92 Å². The number of unbranched alkanes of at least 4 members (excludes halogenated alkanes) is 5. The Bertz CT molecular complexity index is 664. The minimum Gasteiger partial charge on any atom is -0.462 e. The number of ether oxygens (including phenoxy) is 2. The first-order chi connectivity index (χ1) is 14.0. The first kappa shape index (κ1) is 22.8. The molecular weight excluding hydrogens is 374 g/mol. The highest BCUT2D eigenvalue weighted by molar-refractivity contribution is 5.75. The summed E-state index contributed by atoms with van der Waals surface area (Å²) < 4.78 is 10.9. The van der Waals surface area contributed by atoms with Crippen LogP contribution in [0.4, 0.5) is 5.69 Å². The number of hydrogen-bond acceptors (Lipinski definition) is 6. The van der Waals surface area contributed by atoms with Crippen LogP contribution in [0.5, 0.6) is 5.75 Å². The highest BCUT2D eigenvalue weighted by atomic mass is 16.6.